The molecule has 4 N–H and O–H groups in total. The molecule has 0 spiro atoms. The molecule has 7 nitrogen and oxygen atoms in total. The Kier molecular flexibility index (Phi) is 7.05. The fourth-order valence-electron chi connectivity index (χ4n) is 1.94. The highest BCUT2D eigenvalue weighted by Crippen LogP contribution is 2.06. The minimum absolute atomic E-state index is 0.126. The van der Waals surface area contributed by atoms with Crippen LogP contribution in [0.1, 0.15) is 27.2 Å². The van der Waals surface area contributed by atoms with Crippen molar-refractivity contribution in [3.8, 4) is 0 Å². The molecule has 1 rings (SSSR count). The van der Waals surface area contributed by atoms with Gasteiger partial charge < -0.3 is 21.1 Å². The van der Waals surface area contributed by atoms with E-state index in [9.17, 15) is 14.4 Å². The number of para-hydroxylation sites is 1. The predicted octanol–water partition coefficient (Wildman–Crippen LogP) is 1.81. The lowest BCUT2D eigenvalue weighted by Gasteiger charge is -2.20. The SMILES string of the molecule is CC(C)C[C@@H](NC(=O)C(C)NC(=O)Nc1ccccc1)C(=O)O. The minimum atomic E-state index is -1.09. The minimum Gasteiger partial charge on any atom is -0.480 e. The Morgan fingerprint density at radius 3 is 2.17 bits per heavy atom. The molecule has 0 fully saturated rings. The molecule has 3 amide bonds. The normalized spacial score (nSPS) is 13.0. The van der Waals surface area contributed by atoms with Gasteiger partial charge in [-0.1, -0.05) is 32.0 Å². The lowest BCUT2D eigenvalue weighted by atomic mass is 10.0. The van der Waals surface area contributed by atoms with Crippen LogP contribution in [0, 0.1) is 5.92 Å². The summed E-state index contributed by atoms with van der Waals surface area (Å²) in [7, 11) is 0. The maximum Gasteiger partial charge on any atom is 0.326 e. The third-order valence-corrected chi connectivity index (χ3v) is 3.09. The second-order valence-electron chi connectivity index (χ2n) is 5.72. The van der Waals surface area contributed by atoms with E-state index in [0.717, 1.165) is 0 Å². The average Bonchev–Trinajstić information content (AvgIpc) is 2.46. The third-order valence-electron chi connectivity index (χ3n) is 3.09. The van der Waals surface area contributed by atoms with Gasteiger partial charge in [0.1, 0.15) is 12.1 Å². The Morgan fingerprint density at radius 1 is 1.04 bits per heavy atom. The van der Waals surface area contributed by atoms with E-state index in [4.69, 9.17) is 5.11 Å². The first-order valence-corrected chi connectivity index (χ1v) is 7.45. The molecule has 1 aromatic rings. The van der Waals surface area contributed by atoms with Crippen LogP contribution >= 0.6 is 0 Å². The quantitative estimate of drug-likeness (QED) is 0.614. The van der Waals surface area contributed by atoms with Crippen molar-refractivity contribution in [3.05, 3.63) is 30.3 Å². The molecule has 0 saturated carbocycles. The number of rotatable bonds is 7. The highest BCUT2D eigenvalue weighted by atomic mass is 16.4. The highest BCUT2D eigenvalue weighted by Gasteiger charge is 2.24. The van der Waals surface area contributed by atoms with Gasteiger partial charge in [-0.05, 0) is 31.4 Å². The molecular formula is C16H23N3O4. The molecule has 0 radical (unpaired) electrons. The summed E-state index contributed by atoms with van der Waals surface area (Å²) < 4.78 is 0. The van der Waals surface area contributed by atoms with E-state index in [1.807, 2.05) is 19.9 Å². The summed E-state index contributed by atoms with van der Waals surface area (Å²) in [6, 6.07) is 6.44. The number of hydrogen-bond donors (Lipinski definition) is 4. The Labute approximate surface area is 135 Å². The van der Waals surface area contributed by atoms with Crippen LogP contribution in [-0.2, 0) is 9.59 Å². The van der Waals surface area contributed by atoms with Gasteiger partial charge in [-0.25, -0.2) is 9.59 Å². The van der Waals surface area contributed by atoms with Crippen LogP contribution < -0.4 is 16.0 Å². The largest absolute Gasteiger partial charge is 0.480 e. The summed E-state index contributed by atoms with van der Waals surface area (Å²) in [5.41, 5.74) is 0.598. The van der Waals surface area contributed by atoms with Gasteiger partial charge in [0.2, 0.25) is 5.91 Å². The summed E-state index contributed by atoms with van der Waals surface area (Å²) in [5, 5.41) is 16.6. The fourth-order valence-corrected chi connectivity index (χ4v) is 1.94. The van der Waals surface area contributed by atoms with E-state index in [1.165, 1.54) is 6.92 Å². The smallest absolute Gasteiger partial charge is 0.326 e. The Hall–Kier alpha value is -2.57. The van der Waals surface area contributed by atoms with Gasteiger partial charge in [0.05, 0.1) is 0 Å². The summed E-state index contributed by atoms with van der Waals surface area (Å²) >= 11 is 0. The number of nitrogens with one attached hydrogen (secondary N) is 3. The van der Waals surface area contributed by atoms with Crippen molar-refractivity contribution >= 4 is 23.6 Å². The number of hydrogen-bond acceptors (Lipinski definition) is 3. The van der Waals surface area contributed by atoms with Crippen molar-refractivity contribution in [2.45, 2.75) is 39.3 Å². The summed E-state index contributed by atoms with van der Waals surface area (Å²) in [6.07, 6.45) is 0.323. The van der Waals surface area contributed by atoms with Crippen LogP contribution in [0.5, 0.6) is 0 Å². The van der Waals surface area contributed by atoms with E-state index < -0.39 is 30.0 Å². The van der Waals surface area contributed by atoms with Crippen molar-refractivity contribution in [1.82, 2.24) is 10.6 Å². The monoisotopic (exact) mass is 321 g/mol. The van der Waals surface area contributed by atoms with E-state index in [0.29, 0.717) is 12.1 Å². The number of carbonyl (C=O) groups is 3. The first kappa shape index (κ1) is 18.5. The molecule has 23 heavy (non-hydrogen) atoms. The van der Waals surface area contributed by atoms with E-state index >= 15 is 0 Å². The van der Waals surface area contributed by atoms with Gasteiger partial charge in [0.15, 0.2) is 0 Å². The van der Waals surface area contributed by atoms with Crippen molar-refractivity contribution in [1.29, 1.82) is 0 Å². The third kappa shape index (κ3) is 6.82. The number of carboxylic acid groups (broad SMARTS) is 1. The maximum atomic E-state index is 12.0. The first-order chi connectivity index (χ1) is 10.8. The number of anilines is 1. The molecular weight excluding hydrogens is 298 g/mol. The van der Waals surface area contributed by atoms with Gasteiger partial charge in [-0.2, -0.15) is 0 Å². The topological polar surface area (TPSA) is 108 Å². The van der Waals surface area contributed by atoms with Crippen LogP contribution in [0.25, 0.3) is 0 Å². The summed E-state index contributed by atoms with van der Waals surface area (Å²) in [4.78, 5) is 35.0. The number of amides is 3. The maximum absolute atomic E-state index is 12.0. The number of carboxylic acids is 1. The zero-order valence-electron chi connectivity index (χ0n) is 13.5. The molecule has 0 heterocycles. The van der Waals surface area contributed by atoms with Gasteiger partial charge in [0.25, 0.3) is 0 Å². The molecule has 1 unspecified atom stereocenters. The van der Waals surface area contributed by atoms with Crippen LogP contribution in [0.4, 0.5) is 10.5 Å². The van der Waals surface area contributed by atoms with Crippen molar-refractivity contribution in [2.24, 2.45) is 5.92 Å². The highest BCUT2D eigenvalue weighted by molar-refractivity contribution is 5.94. The standard InChI is InChI=1S/C16H23N3O4/c1-10(2)9-13(15(21)22)19-14(20)11(3)17-16(23)18-12-7-5-4-6-8-12/h4-8,10-11,13H,9H2,1-3H3,(H,19,20)(H,21,22)(H2,17,18,23)/t11?,13-/m1/s1. The first-order valence-electron chi connectivity index (χ1n) is 7.45. The number of carbonyl (C=O) groups excluding carboxylic acids is 2. The summed E-state index contributed by atoms with van der Waals surface area (Å²) in [5.74, 6) is -1.50. The van der Waals surface area contributed by atoms with Gasteiger partial charge in [-0.15, -0.1) is 0 Å². The molecule has 0 saturated heterocycles. The van der Waals surface area contributed by atoms with Crippen molar-refractivity contribution in [2.75, 3.05) is 5.32 Å². The molecule has 0 bridgehead atoms. The van der Waals surface area contributed by atoms with Gasteiger partial charge in [0, 0.05) is 5.69 Å². The zero-order valence-corrected chi connectivity index (χ0v) is 13.5. The van der Waals surface area contributed by atoms with Crippen molar-refractivity contribution in [3.63, 3.8) is 0 Å². The second-order valence-corrected chi connectivity index (χ2v) is 5.72. The Morgan fingerprint density at radius 2 is 1.65 bits per heavy atom. The number of benzene rings is 1. The average molecular weight is 321 g/mol. The van der Waals surface area contributed by atoms with Gasteiger partial charge >= 0.3 is 12.0 Å². The van der Waals surface area contributed by atoms with E-state index in [2.05, 4.69) is 16.0 Å². The Balaban J connectivity index is 2.52. The lowest BCUT2D eigenvalue weighted by Crippen LogP contribution is -2.51. The zero-order chi connectivity index (χ0) is 17.4. The molecule has 2 atom stereocenters. The molecule has 0 aromatic heterocycles. The fraction of sp³-hybridized carbons (Fsp3) is 0.438. The number of urea groups is 1. The molecule has 126 valence electrons. The van der Waals surface area contributed by atoms with E-state index in [-0.39, 0.29) is 5.92 Å². The van der Waals surface area contributed by atoms with Crippen molar-refractivity contribution < 1.29 is 19.5 Å². The van der Waals surface area contributed by atoms with E-state index in [1.54, 1.807) is 24.3 Å². The Bertz CT molecular complexity index is 546. The molecule has 0 aliphatic rings. The van der Waals surface area contributed by atoms with Gasteiger partial charge in [-0.3, -0.25) is 4.79 Å². The molecule has 7 heteroatoms. The van der Waals surface area contributed by atoms with Crippen LogP contribution in [0.3, 0.4) is 0 Å². The lowest BCUT2D eigenvalue weighted by molar-refractivity contribution is -0.142. The molecule has 1 aromatic carbocycles. The molecule has 0 aliphatic heterocycles. The second kappa shape index (κ2) is 8.77. The summed E-state index contributed by atoms with van der Waals surface area (Å²) in [6.45, 7) is 5.24. The van der Waals surface area contributed by atoms with Crippen LogP contribution in [-0.4, -0.2) is 35.1 Å². The molecule has 0 aliphatic carbocycles. The predicted molar refractivity (Wildman–Crippen MR) is 87.1 cm³/mol. The van der Waals surface area contributed by atoms with Crippen LogP contribution in [0.2, 0.25) is 0 Å². The number of aliphatic carboxylic acids is 1. The van der Waals surface area contributed by atoms with Crippen LogP contribution in [0.15, 0.2) is 30.3 Å².